The van der Waals surface area contributed by atoms with E-state index >= 15 is 0 Å². The van der Waals surface area contributed by atoms with Crippen LogP contribution in [-0.4, -0.2) is 16.8 Å². The Hall–Kier alpha value is -4.19. The van der Waals surface area contributed by atoms with Crippen LogP contribution >= 0.6 is 0 Å². The van der Waals surface area contributed by atoms with Crippen LogP contribution < -0.4 is 10.9 Å². The molecule has 6 nitrogen and oxygen atoms in total. The molecule has 1 aliphatic rings. The van der Waals surface area contributed by atoms with Crippen molar-refractivity contribution in [1.82, 2.24) is 10.2 Å². The summed E-state index contributed by atoms with van der Waals surface area (Å²) in [6.07, 6.45) is 0. The fourth-order valence-corrected chi connectivity index (χ4v) is 4.29. The zero-order valence-corrected chi connectivity index (χ0v) is 17.4. The summed E-state index contributed by atoms with van der Waals surface area (Å²) < 4.78 is 5.32. The Morgan fingerprint density at radius 3 is 2.09 bits per heavy atom. The normalized spacial score (nSPS) is 15.2. The second-order valence-corrected chi connectivity index (χ2v) is 7.89. The lowest BCUT2D eigenvalue weighted by molar-refractivity contribution is -0.130. The maximum atomic E-state index is 13.9. The highest BCUT2D eigenvalue weighted by Crippen LogP contribution is 2.37. The van der Waals surface area contributed by atoms with Gasteiger partial charge in [0.2, 0.25) is 0 Å². The molecule has 3 aromatic carbocycles. The number of carbonyl (C=O) groups is 2. The summed E-state index contributed by atoms with van der Waals surface area (Å²) in [5, 5.41) is 3.62. The molecule has 0 bridgehead atoms. The number of imide groups is 1. The number of carbonyl (C=O) groups excluding carboxylic acids is 2. The van der Waals surface area contributed by atoms with E-state index in [2.05, 4.69) is 5.32 Å². The van der Waals surface area contributed by atoms with Gasteiger partial charge in [-0.05, 0) is 35.2 Å². The van der Waals surface area contributed by atoms with E-state index in [1.54, 1.807) is 6.07 Å². The Balaban J connectivity index is 1.62. The lowest BCUT2D eigenvalue weighted by Crippen LogP contribution is -2.45. The SMILES string of the molecule is Cc1ccc2c(CN3C(=O)NC(c4ccccc4)(c4ccccc4)C3=O)cc(=O)oc2c1. The minimum Gasteiger partial charge on any atom is -0.423 e. The molecule has 158 valence electrons. The number of aryl methyl sites for hydroxylation is 1. The van der Waals surface area contributed by atoms with Crippen LogP contribution in [0, 0.1) is 6.92 Å². The monoisotopic (exact) mass is 424 g/mol. The van der Waals surface area contributed by atoms with Crippen molar-refractivity contribution in [3.8, 4) is 0 Å². The van der Waals surface area contributed by atoms with E-state index in [0.717, 1.165) is 10.5 Å². The largest absolute Gasteiger partial charge is 0.423 e. The number of hydrogen-bond donors (Lipinski definition) is 1. The first-order valence-corrected chi connectivity index (χ1v) is 10.3. The van der Waals surface area contributed by atoms with Crippen molar-refractivity contribution in [2.24, 2.45) is 0 Å². The fraction of sp³-hybridized carbons (Fsp3) is 0.115. The molecule has 1 fully saturated rings. The van der Waals surface area contributed by atoms with E-state index in [-0.39, 0.29) is 6.54 Å². The molecule has 0 saturated carbocycles. The smallest absolute Gasteiger partial charge is 0.336 e. The Labute approximate surface area is 184 Å². The first-order chi connectivity index (χ1) is 15.5. The number of fused-ring (bicyclic) bond motifs is 1. The summed E-state index contributed by atoms with van der Waals surface area (Å²) in [7, 11) is 0. The number of hydrogen-bond acceptors (Lipinski definition) is 4. The highest BCUT2D eigenvalue weighted by atomic mass is 16.4. The molecule has 1 aromatic heterocycles. The van der Waals surface area contributed by atoms with Crippen LogP contribution in [0.25, 0.3) is 11.0 Å². The maximum absolute atomic E-state index is 13.9. The average Bonchev–Trinajstić information content (AvgIpc) is 3.05. The Bertz CT molecular complexity index is 1350. The van der Waals surface area contributed by atoms with Crippen molar-refractivity contribution in [3.05, 3.63) is 118 Å². The van der Waals surface area contributed by atoms with E-state index in [1.165, 1.54) is 6.07 Å². The zero-order chi connectivity index (χ0) is 22.3. The van der Waals surface area contributed by atoms with Crippen molar-refractivity contribution in [3.63, 3.8) is 0 Å². The summed E-state index contributed by atoms with van der Waals surface area (Å²) in [4.78, 5) is 40.3. The van der Waals surface area contributed by atoms with Crippen LogP contribution in [0.1, 0.15) is 22.3 Å². The summed E-state index contributed by atoms with van der Waals surface area (Å²) in [5.41, 5.74) is 1.39. The summed E-state index contributed by atoms with van der Waals surface area (Å²) in [6, 6.07) is 24.7. The first kappa shape index (κ1) is 19.8. The van der Waals surface area contributed by atoms with Gasteiger partial charge in [-0.1, -0.05) is 72.8 Å². The molecule has 2 heterocycles. The van der Waals surface area contributed by atoms with Gasteiger partial charge < -0.3 is 9.73 Å². The van der Waals surface area contributed by atoms with E-state index in [0.29, 0.717) is 27.7 Å². The number of nitrogens with zero attached hydrogens (tertiary/aromatic N) is 1. The Morgan fingerprint density at radius 1 is 0.844 bits per heavy atom. The van der Waals surface area contributed by atoms with Crippen molar-refractivity contribution in [2.75, 3.05) is 0 Å². The van der Waals surface area contributed by atoms with Crippen molar-refractivity contribution < 1.29 is 14.0 Å². The van der Waals surface area contributed by atoms with E-state index < -0.39 is 23.1 Å². The number of benzene rings is 3. The predicted octanol–water partition coefficient (Wildman–Crippen LogP) is 4.10. The van der Waals surface area contributed by atoms with E-state index in [1.807, 2.05) is 79.7 Å². The summed E-state index contributed by atoms with van der Waals surface area (Å²) in [6.45, 7) is 1.86. The quantitative estimate of drug-likeness (QED) is 0.395. The molecule has 0 spiro atoms. The average molecular weight is 424 g/mol. The summed E-state index contributed by atoms with van der Waals surface area (Å²) >= 11 is 0. The van der Waals surface area contributed by atoms with Crippen LogP contribution in [0.2, 0.25) is 0 Å². The lowest BCUT2D eigenvalue weighted by atomic mass is 9.82. The van der Waals surface area contributed by atoms with Crippen molar-refractivity contribution in [1.29, 1.82) is 0 Å². The number of rotatable bonds is 4. The van der Waals surface area contributed by atoms with E-state index in [4.69, 9.17) is 4.42 Å². The maximum Gasteiger partial charge on any atom is 0.336 e. The molecule has 1 N–H and O–H groups in total. The molecule has 3 amide bonds. The zero-order valence-electron chi connectivity index (χ0n) is 17.4. The van der Waals surface area contributed by atoms with Gasteiger partial charge in [0.05, 0.1) is 6.54 Å². The van der Waals surface area contributed by atoms with Crippen LogP contribution in [-0.2, 0) is 16.9 Å². The third kappa shape index (κ3) is 3.08. The molecular formula is C26H20N2O4. The second-order valence-electron chi connectivity index (χ2n) is 7.89. The third-order valence-corrected chi connectivity index (χ3v) is 5.83. The topological polar surface area (TPSA) is 79.6 Å². The van der Waals surface area contributed by atoms with Gasteiger partial charge in [-0.25, -0.2) is 9.59 Å². The molecule has 0 atom stereocenters. The molecule has 6 heteroatoms. The van der Waals surface area contributed by atoms with Gasteiger partial charge in [-0.15, -0.1) is 0 Å². The second kappa shape index (κ2) is 7.50. The predicted molar refractivity (Wildman–Crippen MR) is 120 cm³/mol. The molecular weight excluding hydrogens is 404 g/mol. The van der Waals surface area contributed by atoms with Crippen LogP contribution in [0.5, 0.6) is 0 Å². The molecule has 4 aromatic rings. The molecule has 0 unspecified atom stereocenters. The highest BCUT2D eigenvalue weighted by molar-refractivity contribution is 6.09. The first-order valence-electron chi connectivity index (χ1n) is 10.3. The van der Waals surface area contributed by atoms with Gasteiger partial charge in [0, 0.05) is 11.5 Å². The van der Waals surface area contributed by atoms with Crippen LogP contribution in [0.3, 0.4) is 0 Å². The Kier molecular flexibility index (Phi) is 4.63. The van der Waals surface area contributed by atoms with Crippen molar-refractivity contribution >= 4 is 22.9 Å². The molecule has 1 saturated heterocycles. The molecule has 0 aliphatic carbocycles. The number of amides is 3. The third-order valence-electron chi connectivity index (χ3n) is 5.83. The standard InChI is InChI=1S/C26H20N2O4/c1-17-12-13-21-18(15-23(29)32-22(21)14-17)16-28-24(30)26(27-25(28)31,19-8-4-2-5-9-19)20-10-6-3-7-11-20/h2-15H,16H2,1H3,(H,27,31). The van der Waals surface area contributed by atoms with Gasteiger partial charge >= 0.3 is 11.7 Å². The van der Waals surface area contributed by atoms with Gasteiger partial charge in [0.15, 0.2) is 5.54 Å². The van der Waals surface area contributed by atoms with Gasteiger partial charge in [0.1, 0.15) is 5.58 Å². The van der Waals surface area contributed by atoms with Gasteiger partial charge in [0.25, 0.3) is 5.91 Å². The van der Waals surface area contributed by atoms with Crippen LogP contribution in [0.4, 0.5) is 4.79 Å². The molecule has 5 rings (SSSR count). The summed E-state index contributed by atoms with van der Waals surface area (Å²) in [5.74, 6) is -0.395. The van der Waals surface area contributed by atoms with E-state index in [9.17, 15) is 14.4 Å². The molecule has 0 radical (unpaired) electrons. The lowest BCUT2D eigenvalue weighted by Gasteiger charge is -2.28. The Morgan fingerprint density at radius 2 is 1.47 bits per heavy atom. The minimum absolute atomic E-state index is 0.0444. The van der Waals surface area contributed by atoms with Gasteiger partial charge in [-0.2, -0.15) is 0 Å². The highest BCUT2D eigenvalue weighted by Gasteiger charge is 2.53. The van der Waals surface area contributed by atoms with Gasteiger partial charge in [-0.3, -0.25) is 9.69 Å². The number of urea groups is 1. The molecule has 1 aliphatic heterocycles. The fourth-order valence-electron chi connectivity index (χ4n) is 4.29. The number of nitrogens with one attached hydrogen (secondary N) is 1. The van der Waals surface area contributed by atoms with Crippen LogP contribution in [0.15, 0.2) is 94.1 Å². The minimum atomic E-state index is -1.34. The van der Waals surface area contributed by atoms with Crippen molar-refractivity contribution in [2.45, 2.75) is 19.0 Å². The molecule has 32 heavy (non-hydrogen) atoms.